The van der Waals surface area contributed by atoms with Crippen LogP contribution in [0.2, 0.25) is 0 Å². The van der Waals surface area contributed by atoms with E-state index in [4.69, 9.17) is 0 Å². The Morgan fingerprint density at radius 3 is 2.56 bits per heavy atom. The molecular formula is C19H28N2O3S. The van der Waals surface area contributed by atoms with Crippen LogP contribution in [0.1, 0.15) is 56.3 Å². The predicted octanol–water partition coefficient (Wildman–Crippen LogP) is 3.40. The van der Waals surface area contributed by atoms with E-state index in [-0.39, 0.29) is 16.2 Å². The number of likely N-dealkylation sites (tertiary alicyclic amines) is 1. The number of carbonyl (C=O) groups is 1. The summed E-state index contributed by atoms with van der Waals surface area (Å²) in [6.07, 6.45) is 1.68. The van der Waals surface area contributed by atoms with Crippen molar-refractivity contribution in [2.24, 2.45) is 5.41 Å². The lowest BCUT2D eigenvalue weighted by Crippen LogP contribution is -2.50. The van der Waals surface area contributed by atoms with Crippen molar-refractivity contribution in [2.45, 2.75) is 57.7 Å². The molecule has 138 valence electrons. The predicted molar refractivity (Wildman–Crippen MR) is 99.9 cm³/mol. The molecule has 2 aliphatic rings. The molecule has 1 amide bonds. The zero-order valence-corrected chi connectivity index (χ0v) is 16.3. The number of carboxylic acid groups (broad SMARTS) is 1. The summed E-state index contributed by atoms with van der Waals surface area (Å²) in [6.45, 7) is 9.14. The Labute approximate surface area is 153 Å². The number of hydrogen-bond donors (Lipinski definition) is 2. The second-order valence-electron chi connectivity index (χ2n) is 8.38. The second-order valence-corrected chi connectivity index (χ2v) is 10.4. The van der Waals surface area contributed by atoms with E-state index in [9.17, 15) is 14.5 Å². The summed E-state index contributed by atoms with van der Waals surface area (Å²) in [6, 6.07) is 6.34. The minimum absolute atomic E-state index is 0.0124. The van der Waals surface area contributed by atoms with Gasteiger partial charge >= 0.3 is 6.09 Å². The van der Waals surface area contributed by atoms with Crippen LogP contribution in [0.15, 0.2) is 18.2 Å². The van der Waals surface area contributed by atoms with Crippen molar-refractivity contribution < 1.29 is 14.5 Å². The molecule has 1 aliphatic carbocycles. The lowest BCUT2D eigenvalue weighted by Gasteiger charge is -2.43. The number of aryl methyl sites for hydroxylation is 1. The molecule has 0 saturated carbocycles. The monoisotopic (exact) mass is 364 g/mol. The standard InChI is InChI=1S/C19H28N2O3S/c1-13-6-5-7-14-15(13)12-19(8-10-21(11-9-19)17(22)23)16(14)20-25(24)18(2,3)4/h5-7,16,20H,8-12H2,1-4H3,(H,22,23)/t16-,25-/m1/s1. The quantitative estimate of drug-likeness (QED) is 0.789. The highest BCUT2D eigenvalue weighted by atomic mass is 32.2. The Balaban J connectivity index is 1.92. The van der Waals surface area contributed by atoms with E-state index in [2.05, 4.69) is 29.8 Å². The smallest absolute Gasteiger partial charge is 0.407 e. The number of amides is 1. The summed E-state index contributed by atoms with van der Waals surface area (Å²) in [5.74, 6) is 0. The lowest BCUT2D eigenvalue weighted by atomic mass is 9.73. The van der Waals surface area contributed by atoms with Crippen LogP contribution in [0.3, 0.4) is 0 Å². The van der Waals surface area contributed by atoms with E-state index in [1.165, 1.54) is 21.6 Å². The van der Waals surface area contributed by atoms with Crippen molar-refractivity contribution in [1.82, 2.24) is 9.62 Å². The minimum atomic E-state index is -1.17. The summed E-state index contributed by atoms with van der Waals surface area (Å²) in [4.78, 5) is 12.8. The summed E-state index contributed by atoms with van der Waals surface area (Å²) in [7, 11) is 0. The van der Waals surface area contributed by atoms with E-state index in [1.807, 2.05) is 20.8 Å². The van der Waals surface area contributed by atoms with Crippen molar-refractivity contribution in [3.63, 3.8) is 0 Å². The molecule has 1 aliphatic heterocycles. The maximum atomic E-state index is 12.8. The van der Waals surface area contributed by atoms with Gasteiger partial charge in [0.05, 0.1) is 6.04 Å². The third-order valence-electron chi connectivity index (χ3n) is 5.71. The third-order valence-corrected chi connectivity index (χ3v) is 7.27. The van der Waals surface area contributed by atoms with Gasteiger partial charge in [0.25, 0.3) is 0 Å². The fourth-order valence-corrected chi connectivity index (χ4v) is 5.05. The second kappa shape index (κ2) is 6.49. The Morgan fingerprint density at radius 1 is 1.36 bits per heavy atom. The van der Waals surface area contributed by atoms with E-state index >= 15 is 0 Å². The summed E-state index contributed by atoms with van der Waals surface area (Å²) in [5, 5.41) is 9.27. The van der Waals surface area contributed by atoms with Gasteiger partial charge in [-0.25, -0.2) is 4.79 Å². The number of rotatable bonds is 2. The molecule has 3 rings (SSSR count). The summed E-state index contributed by atoms with van der Waals surface area (Å²) in [5.41, 5.74) is 3.79. The van der Waals surface area contributed by atoms with Crippen LogP contribution in [0.5, 0.6) is 0 Å². The molecular weight excluding hydrogens is 336 g/mol. The molecule has 1 saturated heterocycles. The van der Waals surface area contributed by atoms with E-state index in [1.54, 1.807) is 0 Å². The Bertz CT molecular complexity index is 663. The van der Waals surface area contributed by atoms with Gasteiger partial charge in [0, 0.05) is 29.9 Å². The fourth-order valence-electron chi connectivity index (χ4n) is 4.10. The molecule has 1 aromatic carbocycles. The zero-order valence-electron chi connectivity index (χ0n) is 15.5. The van der Waals surface area contributed by atoms with Crippen molar-refractivity contribution in [3.8, 4) is 0 Å². The van der Waals surface area contributed by atoms with Gasteiger partial charge in [-0.1, -0.05) is 18.2 Å². The highest BCUT2D eigenvalue weighted by Crippen LogP contribution is 2.53. The number of nitrogens with one attached hydrogen (secondary N) is 1. The molecule has 25 heavy (non-hydrogen) atoms. The van der Waals surface area contributed by atoms with Crippen molar-refractivity contribution in [3.05, 3.63) is 34.9 Å². The molecule has 1 fully saturated rings. The molecule has 2 N–H and O–H groups in total. The molecule has 1 aromatic rings. The third kappa shape index (κ3) is 3.39. The van der Waals surface area contributed by atoms with Crippen LogP contribution in [0.4, 0.5) is 4.79 Å². The largest absolute Gasteiger partial charge is 0.598 e. The Kier molecular flexibility index (Phi) is 4.81. The molecule has 1 heterocycles. The molecule has 5 nitrogen and oxygen atoms in total. The minimum Gasteiger partial charge on any atom is -0.598 e. The van der Waals surface area contributed by atoms with Crippen molar-refractivity contribution >= 4 is 17.5 Å². The van der Waals surface area contributed by atoms with Crippen LogP contribution >= 0.6 is 0 Å². The van der Waals surface area contributed by atoms with Gasteiger partial charge in [-0.3, -0.25) is 0 Å². The number of hydrogen-bond acceptors (Lipinski definition) is 3. The number of fused-ring (bicyclic) bond motifs is 1. The maximum Gasteiger partial charge on any atom is 0.407 e. The average molecular weight is 365 g/mol. The number of piperidine rings is 1. The molecule has 0 aromatic heterocycles. The van der Waals surface area contributed by atoms with E-state index < -0.39 is 17.5 Å². The van der Waals surface area contributed by atoms with Gasteiger partial charge in [-0.05, 0) is 63.6 Å². The highest BCUT2D eigenvalue weighted by molar-refractivity contribution is 7.90. The first-order valence-electron chi connectivity index (χ1n) is 8.88. The molecule has 0 radical (unpaired) electrons. The van der Waals surface area contributed by atoms with Gasteiger partial charge < -0.3 is 14.6 Å². The number of benzene rings is 1. The SMILES string of the molecule is Cc1cccc2c1CC1(CCN(C(=O)O)CC1)[C@@H]2N[S@+]([O-])C(C)(C)C. The normalized spacial score (nSPS) is 23.6. The molecule has 0 bridgehead atoms. The van der Waals surface area contributed by atoms with E-state index in [0.29, 0.717) is 13.1 Å². The van der Waals surface area contributed by atoms with Crippen molar-refractivity contribution in [1.29, 1.82) is 0 Å². The molecule has 1 spiro atoms. The van der Waals surface area contributed by atoms with Crippen LogP contribution < -0.4 is 4.72 Å². The van der Waals surface area contributed by atoms with Crippen LogP contribution in [0.25, 0.3) is 0 Å². The number of nitrogens with zero attached hydrogens (tertiary/aromatic N) is 1. The molecule has 0 unspecified atom stereocenters. The molecule has 6 heteroatoms. The summed E-state index contributed by atoms with van der Waals surface area (Å²) < 4.78 is 15.9. The van der Waals surface area contributed by atoms with Gasteiger partial charge in [-0.15, -0.1) is 4.72 Å². The van der Waals surface area contributed by atoms with Gasteiger partial charge in [-0.2, -0.15) is 0 Å². The Morgan fingerprint density at radius 2 is 2.00 bits per heavy atom. The van der Waals surface area contributed by atoms with Crippen LogP contribution in [-0.4, -0.2) is 38.5 Å². The molecule has 2 atom stereocenters. The van der Waals surface area contributed by atoms with Crippen LogP contribution in [-0.2, 0) is 17.8 Å². The topological polar surface area (TPSA) is 75.6 Å². The van der Waals surface area contributed by atoms with Crippen LogP contribution in [0, 0.1) is 12.3 Å². The van der Waals surface area contributed by atoms with Gasteiger partial charge in [0.15, 0.2) is 0 Å². The fraction of sp³-hybridized carbons (Fsp3) is 0.632. The van der Waals surface area contributed by atoms with Gasteiger partial charge in [0.2, 0.25) is 0 Å². The Hall–Kier alpha value is -1.24. The first kappa shape index (κ1) is 18.5. The highest BCUT2D eigenvalue weighted by Gasteiger charge is 2.51. The maximum absolute atomic E-state index is 12.8. The van der Waals surface area contributed by atoms with Crippen molar-refractivity contribution in [2.75, 3.05) is 13.1 Å². The first-order chi connectivity index (χ1) is 11.6. The zero-order chi connectivity index (χ0) is 18.4. The van der Waals surface area contributed by atoms with E-state index in [0.717, 1.165) is 19.3 Å². The first-order valence-corrected chi connectivity index (χ1v) is 10.0. The lowest BCUT2D eigenvalue weighted by molar-refractivity contribution is 0.0764. The average Bonchev–Trinajstić information content (AvgIpc) is 2.82. The van der Waals surface area contributed by atoms with Gasteiger partial charge in [0.1, 0.15) is 4.75 Å². The summed E-state index contributed by atoms with van der Waals surface area (Å²) >= 11 is -1.17.